The molecule has 0 radical (unpaired) electrons. The van der Waals surface area contributed by atoms with Crippen molar-refractivity contribution in [3.05, 3.63) is 16.6 Å². The lowest BCUT2D eigenvalue weighted by atomic mass is 9.86. The predicted molar refractivity (Wildman–Crippen MR) is 71.9 cm³/mol. The summed E-state index contributed by atoms with van der Waals surface area (Å²) in [5.74, 6) is 1.38. The second-order valence-corrected chi connectivity index (χ2v) is 5.76. The molecule has 0 aliphatic carbocycles. The third-order valence-electron chi connectivity index (χ3n) is 3.11. The van der Waals surface area contributed by atoms with E-state index in [4.69, 9.17) is 0 Å². The van der Waals surface area contributed by atoms with E-state index in [1.807, 2.05) is 6.20 Å². The average Bonchev–Trinajstić information content (AvgIpc) is 2.74. The molecule has 0 aliphatic heterocycles. The van der Waals surface area contributed by atoms with Gasteiger partial charge in [0.05, 0.1) is 5.01 Å². The first kappa shape index (κ1) is 13.7. The average molecular weight is 240 g/mol. The standard InChI is InChI=1S/C13H24N2S/c1-5-6-14-11(4)12(10(2)3)9-13-15-7-8-16-13/h7-8,10-12,14H,5-6,9H2,1-4H3. The van der Waals surface area contributed by atoms with Crippen LogP contribution in [0.15, 0.2) is 11.6 Å². The van der Waals surface area contributed by atoms with Crippen molar-refractivity contribution in [3.8, 4) is 0 Å². The Labute approximate surface area is 103 Å². The maximum absolute atomic E-state index is 4.39. The maximum Gasteiger partial charge on any atom is 0.0928 e. The van der Waals surface area contributed by atoms with Crippen LogP contribution in [0, 0.1) is 11.8 Å². The number of thiazole rings is 1. The molecular weight excluding hydrogens is 216 g/mol. The molecule has 1 heterocycles. The molecular formula is C13H24N2S. The Hall–Kier alpha value is -0.410. The molecule has 2 nitrogen and oxygen atoms in total. The van der Waals surface area contributed by atoms with Crippen LogP contribution in [-0.2, 0) is 6.42 Å². The van der Waals surface area contributed by atoms with E-state index in [0.29, 0.717) is 17.9 Å². The molecule has 16 heavy (non-hydrogen) atoms. The Kier molecular flexibility index (Phi) is 5.99. The van der Waals surface area contributed by atoms with E-state index in [0.717, 1.165) is 13.0 Å². The minimum atomic E-state index is 0.573. The van der Waals surface area contributed by atoms with E-state index >= 15 is 0 Å². The molecule has 1 rings (SSSR count). The summed E-state index contributed by atoms with van der Waals surface area (Å²) in [5.41, 5.74) is 0. The molecule has 2 unspecified atom stereocenters. The topological polar surface area (TPSA) is 24.9 Å². The summed E-state index contributed by atoms with van der Waals surface area (Å²) in [6, 6.07) is 0.573. The number of hydrogen-bond acceptors (Lipinski definition) is 3. The third kappa shape index (κ3) is 4.22. The van der Waals surface area contributed by atoms with Gasteiger partial charge in [0.25, 0.3) is 0 Å². The summed E-state index contributed by atoms with van der Waals surface area (Å²) in [6.07, 6.45) is 4.21. The van der Waals surface area contributed by atoms with Crippen molar-refractivity contribution in [2.45, 2.75) is 46.6 Å². The minimum Gasteiger partial charge on any atom is -0.314 e. The molecule has 0 saturated carbocycles. The largest absolute Gasteiger partial charge is 0.314 e. The Bertz CT molecular complexity index is 269. The van der Waals surface area contributed by atoms with E-state index < -0.39 is 0 Å². The Morgan fingerprint density at radius 3 is 2.62 bits per heavy atom. The van der Waals surface area contributed by atoms with Gasteiger partial charge < -0.3 is 5.32 Å². The van der Waals surface area contributed by atoms with E-state index in [9.17, 15) is 0 Å². The normalized spacial score (nSPS) is 15.3. The van der Waals surface area contributed by atoms with Crippen molar-refractivity contribution in [2.24, 2.45) is 11.8 Å². The highest BCUT2D eigenvalue weighted by atomic mass is 32.1. The molecule has 0 saturated heterocycles. The first-order chi connectivity index (χ1) is 7.65. The fraction of sp³-hybridized carbons (Fsp3) is 0.769. The predicted octanol–water partition coefficient (Wildman–Crippen LogP) is 3.35. The number of hydrogen-bond donors (Lipinski definition) is 1. The Morgan fingerprint density at radius 2 is 2.12 bits per heavy atom. The second kappa shape index (κ2) is 7.02. The summed E-state index contributed by atoms with van der Waals surface area (Å²) in [6.45, 7) is 10.2. The van der Waals surface area contributed by atoms with Gasteiger partial charge in [-0.1, -0.05) is 20.8 Å². The van der Waals surface area contributed by atoms with Gasteiger partial charge in [0.15, 0.2) is 0 Å². The smallest absolute Gasteiger partial charge is 0.0928 e. The lowest BCUT2D eigenvalue weighted by Crippen LogP contribution is -2.37. The highest BCUT2D eigenvalue weighted by Gasteiger charge is 2.21. The van der Waals surface area contributed by atoms with Crippen molar-refractivity contribution in [1.29, 1.82) is 0 Å². The SMILES string of the molecule is CCCNC(C)C(Cc1nccs1)C(C)C. The Balaban J connectivity index is 2.53. The quantitative estimate of drug-likeness (QED) is 0.790. The molecule has 92 valence electrons. The fourth-order valence-electron chi connectivity index (χ4n) is 2.07. The van der Waals surface area contributed by atoms with Gasteiger partial charge in [-0.2, -0.15) is 0 Å². The van der Waals surface area contributed by atoms with Crippen LogP contribution in [0.3, 0.4) is 0 Å². The molecule has 0 amide bonds. The van der Waals surface area contributed by atoms with Crippen LogP contribution in [0.4, 0.5) is 0 Å². The van der Waals surface area contributed by atoms with Crippen molar-refractivity contribution in [3.63, 3.8) is 0 Å². The molecule has 0 aliphatic rings. The van der Waals surface area contributed by atoms with E-state index in [-0.39, 0.29) is 0 Å². The van der Waals surface area contributed by atoms with E-state index in [2.05, 4.69) is 43.4 Å². The van der Waals surface area contributed by atoms with Crippen molar-refractivity contribution < 1.29 is 0 Å². The molecule has 0 aromatic carbocycles. The van der Waals surface area contributed by atoms with Gasteiger partial charge in [-0.3, -0.25) is 0 Å². The summed E-state index contributed by atoms with van der Waals surface area (Å²) in [4.78, 5) is 4.39. The first-order valence-corrected chi connectivity index (χ1v) is 7.14. The minimum absolute atomic E-state index is 0.573. The number of rotatable bonds is 7. The van der Waals surface area contributed by atoms with Gasteiger partial charge >= 0.3 is 0 Å². The molecule has 0 bridgehead atoms. The van der Waals surface area contributed by atoms with Crippen LogP contribution < -0.4 is 5.32 Å². The van der Waals surface area contributed by atoms with Crippen LogP contribution in [-0.4, -0.2) is 17.6 Å². The molecule has 3 heteroatoms. The van der Waals surface area contributed by atoms with E-state index in [1.165, 1.54) is 11.4 Å². The summed E-state index contributed by atoms with van der Waals surface area (Å²) >= 11 is 1.77. The molecule has 0 fully saturated rings. The van der Waals surface area contributed by atoms with Crippen molar-refractivity contribution in [1.82, 2.24) is 10.3 Å². The zero-order valence-electron chi connectivity index (χ0n) is 10.9. The van der Waals surface area contributed by atoms with Crippen molar-refractivity contribution >= 4 is 11.3 Å². The van der Waals surface area contributed by atoms with Gasteiger partial charge in [0, 0.05) is 24.0 Å². The fourth-order valence-corrected chi connectivity index (χ4v) is 2.76. The molecule has 2 atom stereocenters. The van der Waals surface area contributed by atoms with Gasteiger partial charge in [0.1, 0.15) is 0 Å². The zero-order chi connectivity index (χ0) is 12.0. The molecule has 0 spiro atoms. The van der Waals surface area contributed by atoms with Crippen LogP contribution in [0.1, 0.15) is 39.1 Å². The monoisotopic (exact) mass is 240 g/mol. The van der Waals surface area contributed by atoms with Crippen LogP contribution in [0.25, 0.3) is 0 Å². The van der Waals surface area contributed by atoms with Gasteiger partial charge in [0.2, 0.25) is 0 Å². The highest BCUT2D eigenvalue weighted by Crippen LogP contribution is 2.22. The molecule has 1 aromatic rings. The zero-order valence-corrected chi connectivity index (χ0v) is 11.7. The second-order valence-electron chi connectivity index (χ2n) is 4.78. The van der Waals surface area contributed by atoms with Crippen LogP contribution in [0.5, 0.6) is 0 Å². The Morgan fingerprint density at radius 1 is 1.38 bits per heavy atom. The lowest BCUT2D eigenvalue weighted by Gasteiger charge is -2.27. The van der Waals surface area contributed by atoms with Crippen molar-refractivity contribution in [2.75, 3.05) is 6.54 Å². The van der Waals surface area contributed by atoms with Crippen LogP contribution in [0.2, 0.25) is 0 Å². The highest BCUT2D eigenvalue weighted by molar-refractivity contribution is 7.09. The summed E-state index contributed by atoms with van der Waals surface area (Å²) < 4.78 is 0. The van der Waals surface area contributed by atoms with Gasteiger partial charge in [-0.05, 0) is 31.7 Å². The summed E-state index contributed by atoms with van der Waals surface area (Å²) in [5, 5.41) is 6.94. The summed E-state index contributed by atoms with van der Waals surface area (Å²) in [7, 11) is 0. The molecule has 1 aromatic heterocycles. The van der Waals surface area contributed by atoms with Gasteiger partial charge in [-0.25, -0.2) is 4.98 Å². The maximum atomic E-state index is 4.39. The molecule has 1 N–H and O–H groups in total. The number of aromatic nitrogens is 1. The van der Waals surface area contributed by atoms with Gasteiger partial charge in [-0.15, -0.1) is 11.3 Å². The lowest BCUT2D eigenvalue weighted by molar-refractivity contribution is 0.289. The number of nitrogens with one attached hydrogen (secondary N) is 1. The first-order valence-electron chi connectivity index (χ1n) is 6.26. The van der Waals surface area contributed by atoms with Crippen LogP contribution >= 0.6 is 11.3 Å². The third-order valence-corrected chi connectivity index (χ3v) is 3.91. The number of nitrogens with zero attached hydrogens (tertiary/aromatic N) is 1. The van der Waals surface area contributed by atoms with E-state index in [1.54, 1.807) is 11.3 Å².